The Morgan fingerprint density at radius 1 is 0.850 bits per heavy atom. The number of hydrogen-bond acceptors (Lipinski definition) is 2. The molecule has 0 aliphatic carbocycles. The predicted octanol–water partition coefficient (Wildman–Crippen LogP) is 3.98. The van der Waals surface area contributed by atoms with E-state index in [1.54, 1.807) is 36.4 Å². The van der Waals surface area contributed by atoms with E-state index in [0.29, 0.717) is 11.1 Å². The Balaban J connectivity index is 2.25. The fraction of sp³-hybridized carbons (Fsp3) is 0.176. The predicted molar refractivity (Wildman–Crippen MR) is 80.7 cm³/mol. The Morgan fingerprint density at radius 2 is 1.25 bits per heavy atom. The summed E-state index contributed by atoms with van der Waals surface area (Å²) in [5, 5.41) is -1.18. The van der Waals surface area contributed by atoms with Gasteiger partial charge in [-0.25, -0.2) is 0 Å². The van der Waals surface area contributed by atoms with Crippen LogP contribution in [0.15, 0.2) is 48.5 Å². The van der Waals surface area contributed by atoms with Crippen molar-refractivity contribution in [2.75, 3.05) is 0 Å². The van der Waals surface area contributed by atoms with Crippen LogP contribution in [0.4, 0.5) is 0 Å². The highest BCUT2D eigenvalue weighted by Crippen LogP contribution is 2.16. The minimum Gasteiger partial charge on any atom is -0.292 e. The zero-order valence-corrected chi connectivity index (χ0v) is 12.1. The van der Waals surface area contributed by atoms with Gasteiger partial charge in [0.1, 0.15) is 0 Å². The van der Waals surface area contributed by atoms with Crippen molar-refractivity contribution in [1.82, 2.24) is 0 Å². The lowest BCUT2D eigenvalue weighted by atomic mass is 9.99. The van der Waals surface area contributed by atoms with E-state index < -0.39 is 5.38 Å². The van der Waals surface area contributed by atoms with Crippen LogP contribution in [0.2, 0.25) is 0 Å². The van der Waals surface area contributed by atoms with E-state index >= 15 is 0 Å². The maximum atomic E-state index is 12.2. The lowest BCUT2D eigenvalue weighted by Gasteiger charge is -2.09. The molecule has 0 aromatic heterocycles. The van der Waals surface area contributed by atoms with E-state index in [0.717, 1.165) is 11.1 Å². The van der Waals surface area contributed by atoms with Crippen molar-refractivity contribution in [3.05, 3.63) is 70.8 Å². The molecule has 0 aliphatic rings. The first-order valence-corrected chi connectivity index (χ1v) is 6.78. The van der Waals surface area contributed by atoms with Gasteiger partial charge >= 0.3 is 0 Å². The van der Waals surface area contributed by atoms with Crippen molar-refractivity contribution in [2.45, 2.75) is 19.2 Å². The molecular formula is C17H15ClO2. The summed E-state index contributed by atoms with van der Waals surface area (Å²) in [6, 6.07) is 14.2. The molecule has 0 spiro atoms. The van der Waals surface area contributed by atoms with E-state index in [-0.39, 0.29) is 11.6 Å². The SMILES string of the molecule is Cc1cccc(C(=O)C(Cl)C(=O)c2cccc(C)c2)c1. The molecule has 20 heavy (non-hydrogen) atoms. The Kier molecular flexibility index (Phi) is 4.35. The molecule has 3 heteroatoms. The maximum absolute atomic E-state index is 12.2. The molecule has 0 radical (unpaired) electrons. The molecule has 0 N–H and O–H groups in total. The summed E-state index contributed by atoms with van der Waals surface area (Å²) in [6.07, 6.45) is 0. The third-order valence-corrected chi connectivity index (χ3v) is 3.46. The number of hydrogen-bond donors (Lipinski definition) is 0. The van der Waals surface area contributed by atoms with E-state index in [2.05, 4.69) is 0 Å². The minimum atomic E-state index is -1.18. The highest BCUT2D eigenvalue weighted by molar-refractivity contribution is 6.46. The highest BCUT2D eigenvalue weighted by Gasteiger charge is 2.26. The molecule has 0 fully saturated rings. The number of rotatable bonds is 4. The van der Waals surface area contributed by atoms with Gasteiger partial charge in [-0.3, -0.25) is 9.59 Å². The number of alkyl halides is 1. The number of Topliss-reactive ketones (excluding diaryl/α,β-unsaturated/α-hetero) is 2. The normalized spacial score (nSPS) is 10.6. The summed E-state index contributed by atoms with van der Waals surface area (Å²) in [7, 11) is 0. The molecule has 0 unspecified atom stereocenters. The van der Waals surface area contributed by atoms with Gasteiger partial charge in [-0.05, 0) is 26.0 Å². The van der Waals surface area contributed by atoms with Gasteiger partial charge in [0, 0.05) is 11.1 Å². The quantitative estimate of drug-likeness (QED) is 0.484. The Hall–Kier alpha value is -1.93. The summed E-state index contributed by atoms with van der Waals surface area (Å²) >= 11 is 6.06. The van der Waals surface area contributed by atoms with E-state index in [4.69, 9.17) is 11.6 Å². The lowest BCUT2D eigenvalue weighted by molar-refractivity contribution is 0.0900. The summed E-state index contributed by atoms with van der Waals surface area (Å²) in [5.74, 6) is -0.719. The van der Waals surface area contributed by atoms with Crippen molar-refractivity contribution < 1.29 is 9.59 Å². The molecular weight excluding hydrogens is 272 g/mol. The molecule has 2 aromatic rings. The number of ketones is 2. The Morgan fingerprint density at radius 3 is 1.60 bits per heavy atom. The zero-order chi connectivity index (χ0) is 14.7. The molecule has 0 bridgehead atoms. The van der Waals surface area contributed by atoms with Crippen LogP contribution < -0.4 is 0 Å². The summed E-state index contributed by atoms with van der Waals surface area (Å²) in [6.45, 7) is 3.78. The fourth-order valence-electron chi connectivity index (χ4n) is 2.01. The topological polar surface area (TPSA) is 34.1 Å². The number of benzene rings is 2. The van der Waals surface area contributed by atoms with Gasteiger partial charge in [0.15, 0.2) is 16.9 Å². The number of aryl methyl sites for hydroxylation is 2. The third-order valence-electron chi connectivity index (χ3n) is 3.07. The van der Waals surface area contributed by atoms with Crippen molar-refractivity contribution in [2.24, 2.45) is 0 Å². The van der Waals surface area contributed by atoms with Crippen LogP contribution in [0.3, 0.4) is 0 Å². The average molecular weight is 287 g/mol. The van der Waals surface area contributed by atoms with Crippen molar-refractivity contribution in [3.8, 4) is 0 Å². The van der Waals surface area contributed by atoms with Gasteiger partial charge in [-0.2, -0.15) is 0 Å². The summed E-state index contributed by atoms with van der Waals surface area (Å²) < 4.78 is 0. The van der Waals surface area contributed by atoms with Crippen molar-refractivity contribution in [3.63, 3.8) is 0 Å². The van der Waals surface area contributed by atoms with Crippen LogP contribution >= 0.6 is 11.6 Å². The first-order valence-electron chi connectivity index (χ1n) is 6.35. The molecule has 102 valence electrons. The number of carbonyl (C=O) groups excluding carboxylic acids is 2. The second-order valence-electron chi connectivity index (χ2n) is 4.83. The maximum Gasteiger partial charge on any atom is 0.188 e. The second-order valence-corrected chi connectivity index (χ2v) is 5.27. The average Bonchev–Trinajstić information content (AvgIpc) is 2.45. The number of carbonyl (C=O) groups is 2. The molecule has 0 amide bonds. The standard InChI is InChI=1S/C17H15ClO2/c1-11-5-3-7-13(9-11)16(19)15(18)17(20)14-8-4-6-12(2)10-14/h3-10,15H,1-2H3. The molecule has 2 nitrogen and oxygen atoms in total. The van der Waals surface area contributed by atoms with Gasteiger partial charge in [-0.15, -0.1) is 11.6 Å². The van der Waals surface area contributed by atoms with Crippen molar-refractivity contribution >= 4 is 23.2 Å². The lowest BCUT2D eigenvalue weighted by Crippen LogP contribution is -2.25. The largest absolute Gasteiger partial charge is 0.292 e. The molecule has 2 aromatic carbocycles. The van der Waals surface area contributed by atoms with Crippen LogP contribution in [-0.2, 0) is 0 Å². The first-order chi connectivity index (χ1) is 9.49. The Labute approximate surface area is 123 Å². The first kappa shape index (κ1) is 14.5. The number of halogens is 1. The van der Waals surface area contributed by atoms with E-state index in [9.17, 15) is 9.59 Å². The smallest absolute Gasteiger partial charge is 0.188 e. The Bertz CT molecular complexity index is 604. The second kappa shape index (κ2) is 6.02. The van der Waals surface area contributed by atoms with Crippen LogP contribution in [0.25, 0.3) is 0 Å². The molecule has 0 saturated heterocycles. The zero-order valence-electron chi connectivity index (χ0n) is 11.4. The van der Waals surface area contributed by atoms with Crippen LogP contribution in [0.5, 0.6) is 0 Å². The molecule has 0 atom stereocenters. The monoisotopic (exact) mass is 286 g/mol. The third kappa shape index (κ3) is 3.14. The van der Waals surface area contributed by atoms with Crippen LogP contribution in [0, 0.1) is 13.8 Å². The van der Waals surface area contributed by atoms with Gasteiger partial charge in [0.2, 0.25) is 0 Å². The van der Waals surface area contributed by atoms with Gasteiger partial charge in [0.05, 0.1) is 0 Å². The van der Waals surface area contributed by atoms with Gasteiger partial charge in [-0.1, -0.05) is 47.5 Å². The molecule has 0 heterocycles. The van der Waals surface area contributed by atoms with Crippen LogP contribution in [0.1, 0.15) is 31.8 Å². The van der Waals surface area contributed by atoms with Crippen molar-refractivity contribution in [1.29, 1.82) is 0 Å². The van der Waals surface area contributed by atoms with Crippen LogP contribution in [-0.4, -0.2) is 16.9 Å². The minimum absolute atomic E-state index is 0.359. The van der Waals surface area contributed by atoms with Gasteiger partial charge < -0.3 is 0 Å². The molecule has 0 saturated carbocycles. The highest BCUT2D eigenvalue weighted by atomic mass is 35.5. The van der Waals surface area contributed by atoms with E-state index in [1.165, 1.54) is 0 Å². The molecule has 0 aliphatic heterocycles. The summed E-state index contributed by atoms with van der Waals surface area (Å²) in [4.78, 5) is 24.5. The molecule has 2 rings (SSSR count). The van der Waals surface area contributed by atoms with E-state index in [1.807, 2.05) is 26.0 Å². The fourth-order valence-corrected chi connectivity index (χ4v) is 2.26. The van der Waals surface area contributed by atoms with Gasteiger partial charge in [0.25, 0.3) is 0 Å². The summed E-state index contributed by atoms with van der Waals surface area (Å²) in [5.41, 5.74) is 2.85.